The fraction of sp³-hybridized carbons (Fsp3) is 0.429. The Balaban J connectivity index is 2.92. The van der Waals surface area contributed by atoms with Gasteiger partial charge in [0.1, 0.15) is 5.75 Å². The lowest BCUT2D eigenvalue weighted by Gasteiger charge is -2.12. The predicted molar refractivity (Wildman–Crippen MR) is 74.0 cm³/mol. The third kappa shape index (κ3) is 4.50. The van der Waals surface area contributed by atoms with Crippen LogP contribution in [-0.2, 0) is 6.42 Å². The maximum Gasteiger partial charge on any atom is 0.141 e. The molecule has 0 amide bonds. The minimum atomic E-state index is 0.574. The number of rotatable bonds is 5. The van der Waals surface area contributed by atoms with Gasteiger partial charge in [0.2, 0.25) is 0 Å². The van der Waals surface area contributed by atoms with Crippen molar-refractivity contribution in [2.24, 2.45) is 0 Å². The molecule has 0 N–H and O–H groups in total. The van der Waals surface area contributed by atoms with Crippen LogP contribution >= 0.6 is 23.2 Å². The van der Waals surface area contributed by atoms with E-state index in [-0.39, 0.29) is 0 Å². The van der Waals surface area contributed by atoms with E-state index in [0.717, 1.165) is 30.6 Å². The third-order valence-corrected chi connectivity index (χ3v) is 2.73. The van der Waals surface area contributed by atoms with Gasteiger partial charge in [0, 0.05) is 11.4 Å². The summed E-state index contributed by atoms with van der Waals surface area (Å²) >= 11 is 12.1. The summed E-state index contributed by atoms with van der Waals surface area (Å²) in [4.78, 5) is 0. The highest BCUT2D eigenvalue weighted by atomic mass is 35.5. The van der Waals surface area contributed by atoms with Crippen LogP contribution < -0.4 is 4.74 Å². The van der Waals surface area contributed by atoms with Crippen LogP contribution in [0.5, 0.6) is 5.75 Å². The lowest BCUT2D eigenvalue weighted by molar-refractivity contribution is 0.314. The number of hydrogen-bond acceptors (Lipinski definition) is 1. The number of ether oxygens (including phenoxy) is 1. The first kappa shape index (κ1) is 14.2. The van der Waals surface area contributed by atoms with E-state index in [9.17, 15) is 0 Å². The molecule has 1 nitrogen and oxygen atoms in total. The molecule has 0 spiro atoms. The van der Waals surface area contributed by atoms with Crippen molar-refractivity contribution in [3.05, 3.63) is 27.7 Å². The lowest BCUT2D eigenvalue weighted by atomic mass is 10.1. The van der Waals surface area contributed by atoms with Crippen molar-refractivity contribution in [3.63, 3.8) is 0 Å². The molecule has 17 heavy (non-hydrogen) atoms. The van der Waals surface area contributed by atoms with Crippen LogP contribution in [0.15, 0.2) is 12.1 Å². The second-order valence-corrected chi connectivity index (χ2v) is 4.49. The van der Waals surface area contributed by atoms with Gasteiger partial charge in [-0.25, -0.2) is 0 Å². The van der Waals surface area contributed by atoms with Crippen molar-refractivity contribution < 1.29 is 4.74 Å². The summed E-state index contributed by atoms with van der Waals surface area (Å²) in [5.41, 5.74) is 1.03. The molecule has 1 aromatic rings. The highest BCUT2D eigenvalue weighted by Crippen LogP contribution is 2.33. The number of aryl methyl sites for hydroxylation is 1. The average molecular weight is 271 g/mol. The van der Waals surface area contributed by atoms with Crippen LogP contribution in [-0.4, -0.2) is 6.61 Å². The van der Waals surface area contributed by atoms with Gasteiger partial charge in [-0.3, -0.25) is 0 Å². The largest absolute Gasteiger partial charge is 0.492 e. The Bertz CT molecular complexity index is 430. The number of benzene rings is 1. The molecule has 1 rings (SSSR count). The molecule has 0 aliphatic rings. The molecular weight excluding hydrogens is 255 g/mol. The van der Waals surface area contributed by atoms with E-state index in [1.165, 1.54) is 0 Å². The van der Waals surface area contributed by atoms with Crippen LogP contribution in [0.25, 0.3) is 0 Å². The van der Waals surface area contributed by atoms with Gasteiger partial charge < -0.3 is 4.74 Å². The number of hydrogen-bond donors (Lipinski definition) is 0. The highest BCUT2D eigenvalue weighted by Gasteiger charge is 2.10. The molecule has 0 aromatic heterocycles. The molecule has 0 aliphatic carbocycles. The molecule has 0 saturated carbocycles. The van der Waals surface area contributed by atoms with Crippen molar-refractivity contribution in [2.75, 3.05) is 6.61 Å². The van der Waals surface area contributed by atoms with Crippen LogP contribution in [0.4, 0.5) is 0 Å². The summed E-state index contributed by atoms with van der Waals surface area (Å²) in [6.07, 6.45) is 2.54. The molecule has 92 valence electrons. The molecule has 0 saturated heterocycles. The first-order valence-electron chi connectivity index (χ1n) is 5.69. The van der Waals surface area contributed by atoms with Gasteiger partial charge in [0.15, 0.2) is 0 Å². The first-order valence-corrected chi connectivity index (χ1v) is 6.45. The normalized spacial score (nSPS) is 9.65. The Labute approximate surface area is 113 Å². The Morgan fingerprint density at radius 2 is 2.06 bits per heavy atom. The maximum absolute atomic E-state index is 6.14. The van der Waals surface area contributed by atoms with E-state index >= 15 is 0 Å². The fourth-order valence-corrected chi connectivity index (χ4v) is 2.08. The van der Waals surface area contributed by atoms with Crippen LogP contribution in [0.3, 0.4) is 0 Å². The summed E-state index contributed by atoms with van der Waals surface area (Å²) in [6.45, 7) is 4.55. The summed E-state index contributed by atoms with van der Waals surface area (Å²) in [6, 6.07) is 3.61. The van der Waals surface area contributed by atoms with Gasteiger partial charge in [-0.2, -0.15) is 0 Å². The molecule has 0 unspecified atom stereocenters. The lowest BCUT2D eigenvalue weighted by Crippen LogP contribution is -2.00. The molecule has 0 heterocycles. The van der Waals surface area contributed by atoms with Gasteiger partial charge in [-0.05, 0) is 37.5 Å². The Hall–Kier alpha value is -0.840. The van der Waals surface area contributed by atoms with E-state index in [1.54, 1.807) is 6.07 Å². The second-order valence-electron chi connectivity index (χ2n) is 3.65. The zero-order valence-corrected chi connectivity index (χ0v) is 11.7. The monoisotopic (exact) mass is 270 g/mol. The Kier molecular flexibility index (Phi) is 6.26. The predicted octanol–water partition coefficient (Wildman–Crippen LogP) is 4.74. The van der Waals surface area contributed by atoms with Crippen LogP contribution in [0.2, 0.25) is 10.0 Å². The smallest absolute Gasteiger partial charge is 0.141 e. The van der Waals surface area contributed by atoms with E-state index in [2.05, 4.69) is 18.8 Å². The Morgan fingerprint density at radius 3 is 2.71 bits per heavy atom. The minimum absolute atomic E-state index is 0.574. The SMILES string of the molecule is CC#CCCc1cc(Cl)cc(Cl)c1OCCC. The first-order chi connectivity index (χ1) is 8.19. The number of halogens is 2. The van der Waals surface area contributed by atoms with Gasteiger partial charge >= 0.3 is 0 Å². The van der Waals surface area contributed by atoms with E-state index < -0.39 is 0 Å². The molecule has 3 heteroatoms. The third-order valence-electron chi connectivity index (χ3n) is 2.23. The van der Waals surface area contributed by atoms with E-state index in [0.29, 0.717) is 16.7 Å². The quantitative estimate of drug-likeness (QED) is 0.703. The van der Waals surface area contributed by atoms with E-state index in [1.807, 2.05) is 13.0 Å². The van der Waals surface area contributed by atoms with E-state index in [4.69, 9.17) is 27.9 Å². The van der Waals surface area contributed by atoms with Gasteiger partial charge in [0.25, 0.3) is 0 Å². The average Bonchev–Trinajstić information content (AvgIpc) is 2.28. The summed E-state index contributed by atoms with van der Waals surface area (Å²) in [5, 5.41) is 1.21. The van der Waals surface area contributed by atoms with Crippen molar-refractivity contribution in [2.45, 2.75) is 33.1 Å². The Morgan fingerprint density at radius 1 is 1.29 bits per heavy atom. The van der Waals surface area contributed by atoms with Crippen LogP contribution in [0.1, 0.15) is 32.3 Å². The highest BCUT2D eigenvalue weighted by molar-refractivity contribution is 6.35. The zero-order chi connectivity index (χ0) is 12.7. The fourth-order valence-electron chi connectivity index (χ4n) is 1.49. The zero-order valence-electron chi connectivity index (χ0n) is 10.1. The van der Waals surface area contributed by atoms with Gasteiger partial charge in [-0.1, -0.05) is 30.1 Å². The molecule has 0 radical (unpaired) electrons. The van der Waals surface area contributed by atoms with Crippen molar-refractivity contribution in [3.8, 4) is 17.6 Å². The van der Waals surface area contributed by atoms with Crippen molar-refractivity contribution in [1.82, 2.24) is 0 Å². The maximum atomic E-state index is 6.14. The molecule has 0 atom stereocenters. The minimum Gasteiger partial charge on any atom is -0.492 e. The molecule has 0 aliphatic heterocycles. The van der Waals surface area contributed by atoms with Crippen LogP contribution in [0, 0.1) is 11.8 Å². The molecule has 0 fully saturated rings. The van der Waals surface area contributed by atoms with Gasteiger partial charge in [0.05, 0.1) is 11.6 Å². The molecular formula is C14H16Cl2O. The van der Waals surface area contributed by atoms with Gasteiger partial charge in [-0.15, -0.1) is 11.8 Å². The summed E-state index contributed by atoms with van der Waals surface area (Å²) in [5.74, 6) is 6.65. The standard InChI is InChI=1S/C14H16Cl2O/c1-3-5-6-7-11-9-12(15)10-13(16)14(11)17-8-4-2/h9-10H,4,6-8H2,1-2H3. The van der Waals surface area contributed by atoms with Crippen molar-refractivity contribution >= 4 is 23.2 Å². The second kappa shape index (κ2) is 7.48. The van der Waals surface area contributed by atoms with Crippen molar-refractivity contribution in [1.29, 1.82) is 0 Å². The molecule has 1 aromatic carbocycles. The summed E-state index contributed by atoms with van der Waals surface area (Å²) < 4.78 is 5.66. The topological polar surface area (TPSA) is 9.23 Å². The molecule has 0 bridgehead atoms. The summed E-state index contributed by atoms with van der Waals surface area (Å²) in [7, 11) is 0.